The molecule has 4 heterocycles. The second kappa shape index (κ2) is 10.1. The van der Waals surface area contributed by atoms with Gasteiger partial charge in [0.05, 0.1) is 29.8 Å². The van der Waals surface area contributed by atoms with Crippen molar-refractivity contribution in [3.63, 3.8) is 0 Å². The molecule has 3 N–H and O–H groups in total. The Morgan fingerprint density at radius 2 is 2.03 bits per heavy atom. The fraction of sp³-hybridized carbons (Fsp3) is 0.269. The number of carbonyl (C=O) groups excluding carboxylic acids is 3. The van der Waals surface area contributed by atoms with E-state index >= 15 is 0 Å². The van der Waals surface area contributed by atoms with E-state index in [0.29, 0.717) is 54.1 Å². The van der Waals surface area contributed by atoms with Crippen molar-refractivity contribution >= 4 is 40.7 Å². The summed E-state index contributed by atoms with van der Waals surface area (Å²) in [5.41, 5.74) is 5.41. The van der Waals surface area contributed by atoms with E-state index in [9.17, 15) is 14.4 Å². The molecule has 5 rings (SSSR count). The number of fused-ring (bicyclic) bond motifs is 1. The van der Waals surface area contributed by atoms with Gasteiger partial charge < -0.3 is 19.9 Å². The molecule has 2 amide bonds. The number of hydrogen-bond acceptors (Lipinski definition) is 8. The predicted molar refractivity (Wildman–Crippen MR) is 139 cm³/mol. The van der Waals surface area contributed by atoms with Crippen LogP contribution in [0.1, 0.15) is 34.1 Å². The summed E-state index contributed by atoms with van der Waals surface area (Å²) in [4.78, 5) is 52.1. The SMILES string of the molecule is COc1cnc(N2NC=NC2C)c2[nH]cc(C(=O)C(=O)N3CC=C(CNC(=O)c4ccccc4)CC3)c12. The molecule has 2 aromatic heterocycles. The van der Waals surface area contributed by atoms with Gasteiger partial charge in [-0.2, -0.15) is 0 Å². The van der Waals surface area contributed by atoms with Gasteiger partial charge in [-0.15, -0.1) is 0 Å². The molecule has 2 aliphatic heterocycles. The Hall–Kier alpha value is -4.67. The summed E-state index contributed by atoms with van der Waals surface area (Å²) in [5, 5.41) is 5.14. The first kappa shape index (κ1) is 24.0. The van der Waals surface area contributed by atoms with Gasteiger partial charge in [0.25, 0.3) is 17.6 Å². The maximum absolute atomic E-state index is 13.3. The van der Waals surface area contributed by atoms with Crippen molar-refractivity contribution in [2.24, 2.45) is 4.99 Å². The van der Waals surface area contributed by atoms with Crippen LogP contribution in [0.25, 0.3) is 10.9 Å². The van der Waals surface area contributed by atoms with Crippen LogP contribution in [-0.4, -0.2) is 71.7 Å². The number of hydrogen-bond donors (Lipinski definition) is 3. The zero-order valence-electron chi connectivity index (χ0n) is 20.5. The molecule has 11 heteroatoms. The van der Waals surface area contributed by atoms with E-state index in [1.807, 2.05) is 31.2 Å². The summed E-state index contributed by atoms with van der Waals surface area (Å²) in [6.07, 6.45) is 6.88. The minimum atomic E-state index is -0.630. The third kappa shape index (κ3) is 4.63. The van der Waals surface area contributed by atoms with Gasteiger partial charge in [0.2, 0.25) is 0 Å². The molecule has 1 atom stereocenters. The van der Waals surface area contributed by atoms with Gasteiger partial charge in [-0.25, -0.2) is 15.0 Å². The lowest BCUT2D eigenvalue weighted by atomic mass is 10.0. The number of benzene rings is 1. The number of rotatable bonds is 7. The van der Waals surface area contributed by atoms with E-state index in [1.165, 1.54) is 24.4 Å². The number of aliphatic imine (C=N–C) groups is 1. The Bertz CT molecular complexity index is 1410. The maximum Gasteiger partial charge on any atom is 0.295 e. The molecule has 37 heavy (non-hydrogen) atoms. The van der Waals surface area contributed by atoms with Crippen LogP contribution < -0.4 is 20.5 Å². The van der Waals surface area contributed by atoms with Crippen molar-refractivity contribution in [3.8, 4) is 5.75 Å². The van der Waals surface area contributed by atoms with Gasteiger partial charge in [-0.1, -0.05) is 29.8 Å². The third-order valence-corrected chi connectivity index (χ3v) is 6.50. The van der Waals surface area contributed by atoms with Gasteiger partial charge in [0.15, 0.2) is 5.82 Å². The number of nitrogens with one attached hydrogen (secondary N) is 3. The molecule has 0 bridgehead atoms. The van der Waals surface area contributed by atoms with Crippen molar-refractivity contribution < 1.29 is 19.1 Å². The highest BCUT2D eigenvalue weighted by Crippen LogP contribution is 2.34. The van der Waals surface area contributed by atoms with Crippen LogP contribution in [0, 0.1) is 0 Å². The molecule has 0 radical (unpaired) electrons. The monoisotopic (exact) mass is 501 g/mol. The number of methoxy groups -OCH3 is 1. The Morgan fingerprint density at radius 1 is 1.22 bits per heavy atom. The summed E-state index contributed by atoms with van der Waals surface area (Å²) in [6, 6.07) is 8.99. The standard InChI is InChI=1S/C26H27N7O4/c1-16-30-15-31-33(16)24-22-21(20(37-2)14-28-24)19(13-27-22)23(34)26(36)32-10-8-17(9-11-32)12-29-25(35)18-6-4-3-5-7-18/h3-8,13-16,27H,9-12H2,1-2H3,(H,29,35)(H,30,31). The molecule has 11 nitrogen and oxygen atoms in total. The minimum Gasteiger partial charge on any atom is -0.494 e. The van der Waals surface area contributed by atoms with Crippen molar-refractivity contribution in [2.75, 3.05) is 31.8 Å². The number of aromatic amines is 1. The first-order valence-electron chi connectivity index (χ1n) is 11.9. The number of anilines is 1. The molecular formula is C26H27N7O4. The van der Waals surface area contributed by atoms with E-state index < -0.39 is 11.7 Å². The Balaban J connectivity index is 1.29. The fourth-order valence-corrected chi connectivity index (χ4v) is 4.44. The molecule has 190 valence electrons. The smallest absolute Gasteiger partial charge is 0.295 e. The lowest BCUT2D eigenvalue weighted by Crippen LogP contribution is -2.40. The highest BCUT2D eigenvalue weighted by atomic mass is 16.5. The molecule has 0 aliphatic carbocycles. The molecule has 1 unspecified atom stereocenters. The number of H-pyrrole nitrogens is 1. The van der Waals surface area contributed by atoms with E-state index in [-0.39, 0.29) is 17.6 Å². The second-order valence-corrected chi connectivity index (χ2v) is 8.75. The number of Topliss-reactive ketones (excluding diaryl/α,β-unsaturated/α-hetero) is 1. The van der Waals surface area contributed by atoms with Gasteiger partial charge in [0, 0.05) is 31.4 Å². The number of ketones is 1. The molecule has 0 saturated carbocycles. The molecule has 0 fully saturated rings. The molecule has 0 spiro atoms. The van der Waals surface area contributed by atoms with Crippen LogP contribution >= 0.6 is 0 Å². The van der Waals surface area contributed by atoms with Crippen molar-refractivity contribution in [2.45, 2.75) is 19.5 Å². The Labute approximate surface area is 213 Å². The van der Waals surface area contributed by atoms with E-state index in [0.717, 1.165) is 5.57 Å². The van der Waals surface area contributed by atoms with Crippen LogP contribution in [0.2, 0.25) is 0 Å². The predicted octanol–water partition coefficient (Wildman–Crippen LogP) is 2.04. The molecular weight excluding hydrogens is 474 g/mol. The summed E-state index contributed by atoms with van der Waals surface area (Å²) in [6.45, 7) is 2.97. The zero-order chi connectivity index (χ0) is 25.9. The average molecular weight is 502 g/mol. The number of aromatic nitrogens is 2. The van der Waals surface area contributed by atoms with E-state index in [2.05, 4.69) is 25.7 Å². The number of amides is 2. The van der Waals surface area contributed by atoms with Crippen molar-refractivity contribution in [3.05, 3.63) is 65.5 Å². The average Bonchev–Trinajstić information content (AvgIpc) is 3.58. The fourth-order valence-electron chi connectivity index (χ4n) is 4.44. The summed E-state index contributed by atoms with van der Waals surface area (Å²) in [7, 11) is 1.49. The highest BCUT2D eigenvalue weighted by molar-refractivity contribution is 6.45. The van der Waals surface area contributed by atoms with Crippen LogP contribution in [0.15, 0.2) is 59.4 Å². The highest BCUT2D eigenvalue weighted by Gasteiger charge is 2.30. The molecule has 2 aliphatic rings. The zero-order valence-corrected chi connectivity index (χ0v) is 20.5. The van der Waals surface area contributed by atoms with Gasteiger partial charge >= 0.3 is 0 Å². The van der Waals surface area contributed by atoms with Gasteiger partial charge in [-0.3, -0.25) is 19.8 Å². The number of pyridine rings is 1. The van der Waals surface area contributed by atoms with Crippen LogP contribution in [0.5, 0.6) is 5.75 Å². The Morgan fingerprint density at radius 3 is 2.70 bits per heavy atom. The van der Waals surface area contributed by atoms with Crippen LogP contribution in [0.3, 0.4) is 0 Å². The molecule has 1 aromatic carbocycles. The van der Waals surface area contributed by atoms with Crippen molar-refractivity contribution in [1.82, 2.24) is 25.6 Å². The van der Waals surface area contributed by atoms with E-state index in [1.54, 1.807) is 23.5 Å². The minimum absolute atomic E-state index is 0.151. The maximum atomic E-state index is 13.3. The van der Waals surface area contributed by atoms with Crippen LogP contribution in [-0.2, 0) is 4.79 Å². The molecule has 0 saturated heterocycles. The summed E-state index contributed by atoms with van der Waals surface area (Å²) >= 11 is 0. The number of hydrazine groups is 1. The van der Waals surface area contributed by atoms with Gasteiger partial charge in [0.1, 0.15) is 18.3 Å². The number of ether oxygens (including phenoxy) is 1. The lowest BCUT2D eigenvalue weighted by molar-refractivity contribution is -0.126. The van der Waals surface area contributed by atoms with Crippen LogP contribution in [0.4, 0.5) is 5.82 Å². The largest absolute Gasteiger partial charge is 0.494 e. The number of carbonyl (C=O) groups is 3. The quantitative estimate of drug-likeness (QED) is 0.256. The normalized spacial score (nSPS) is 16.9. The lowest BCUT2D eigenvalue weighted by Gasteiger charge is -2.26. The van der Waals surface area contributed by atoms with E-state index in [4.69, 9.17) is 4.74 Å². The summed E-state index contributed by atoms with van der Waals surface area (Å²) < 4.78 is 5.46. The van der Waals surface area contributed by atoms with Crippen molar-refractivity contribution in [1.29, 1.82) is 0 Å². The Kier molecular flexibility index (Phi) is 6.59. The summed E-state index contributed by atoms with van der Waals surface area (Å²) in [5.74, 6) is -0.452. The first-order valence-corrected chi connectivity index (χ1v) is 11.9. The molecule has 3 aromatic rings. The third-order valence-electron chi connectivity index (χ3n) is 6.50. The second-order valence-electron chi connectivity index (χ2n) is 8.75. The van der Waals surface area contributed by atoms with Gasteiger partial charge in [-0.05, 0) is 25.5 Å². The topological polar surface area (TPSA) is 132 Å². The number of nitrogens with zero attached hydrogens (tertiary/aromatic N) is 4. The first-order chi connectivity index (χ1) is 18.0.